The van der Waals surface area contributed by atoms with E-state index in [1.807, 2.05) is 12.1 Å². The number of nitriles is 1. The third kappa shape index (κ3) is 2.97. The molecule has 34 heavy (non-hydrogen) atoms. The number of ketones is 1. The Balaban J connectivity index is 1.45. The average molecular weight is 456 g/mol. The number of aromatic nitrogens is 1. The van der Waals surface area contributed by atoms with E-state index in [-0.39, 0.29) is 11.2 Å². The summed E-state index contributed by atoms with van der Waals surface area (Å²) >= 11 is 0. The van der Waals surface area contributed by atoms with E-state index in [4.69, 9.17) is 9.47 Å². The van der Waals surface area contributed by atoms with Crippen LogP contribution in [0, 0.1) is 11.3 Å². The van der Waals surface area contributed by atoms with Crippen LogP contribution in [-0.2, 0) is 21.3 Å². The molecular formula is C28H29N3O3. The second kappa shape index (κ2) is 7.43. The minimum absolute atomic E-state index is 0.0619. The Bertz CT molecular complexity index is 1360. The Morgan fingerprint density at radius 3 is 2.53 bits per heavy atom. The van der Waals surface area contributed by atoms with Crippen LogP contribution < -0.4 is 4.90 Å². The van der Waals surface area contributed by atoms with Crippen molar-refractivity contribution in [1.82, 2.24) is 4.98 Å². The largest absolute Gasteiger partial charge is 0.371 e. The molecule has 3 heterocycles. The highest BCUT2D eigenvalue weighted by atomic mass is 16.7. The van der Waals surface area contributed by atoms with Crippen molar-refractivity contribution in [2.24, 2.45) is 0 Å². The molecule has 1 N–H and O–H groups in total. The summed E-state index contributed by atoms with van der Waals surface area (Å²) in [5.74, 6) is -0.347. The van der Waals surface area contributed by atoms with Gasteiger partial charge in [0.25, 0.3) is 0 Å². The lowest BCUT2D eigenvalue weighted by Gasteiger charge is -2.40. The molecule has 0 atom stereocenters. The van der Waals surface area contributed by atoms with Gasteiger partial charge >= 0.3 is 0 Å². The van der Waals surface area contributed by atoms with Gasteiger partial charge in [0.2, 0.25) is 0 Å². The van der Waals surface area contributed by atoms with Crippen LogP contribution in [0.15, 0.2) is 30.3 Å². The van der Waals surface area contributed by atoms with Crippen LogP contribution >= 0.6 is 0 Å². The van der Waals surface area contributed by atoms with Crippen molar-refractivity contribution in [3.63, 3.8) is 0 Å². The molecule has 2 aliphatic heterocycles. The van der Waals surface area contributed by atoms with Gasteiger partial charge in [-0.2, -0.15) is 5.26 Å². The summed E-state index contributed by atoms with van der Waals surface area (Å²) in [6, 6.07) is 12.1. The third-order valence-corrected chi connectivity index (χ3v) is 7.98. The van der Waals surface area contributed by atoms with Crippen LogP contribution in [0.3, 0.4) is 0 Å². The van der Waals surface area contributed by atoms with Gasteiger partial charge in [-0.1, -0.05) is 26.8 Å². The molecule has 0 amide bonds. The van der Waals surface area contributed by atoms with Gasteiger partial charge in [0.05, 0.1) is 30.4 Å². The number of rotatable bonds is 2. The summed E-state index contributed by atoms with van der Waals surface area (Å²) in [7, 11) is 0. The molecule has 1 aromatic heterocycles. The molecule has 1 aliphatic carbocycles. The number of anilines is 1. The summed E-state index contributed by atoms with van der Waals surface area (Å²) in [5.41, 5.74) is 6.97. The Hall–Kier alpha value is -3.14. The van der Waals surface area contributed by atoms with Gasteiger partial charge < -0.3 is 19.4 Å². The Morgan fingerprint density at radius 1 is 1.12 bits per heavy atom. The Labute approximate surface area is 199 Å². The van der Waals surface area contributed by atoms with Crippen LogP contribution in [-0.4, -0.2) is 42.9 Å². The van der Waals surface area contributed by atoms with Crippen molar-refractivity contribution in [3.8, 4) is 6.07 Å². The first-order valence-corrected chi connectivity index (χ1v) is 12.2. The molecule has 2 fully saturated rings. The second-order valence-electron chi connectivity index (χ2n) is 10.2. The van der Waals surface area contributed by atoms with E-state index in [2.05, 4.69) is 48.9 Å². The monoisotopic (exact) mass is 455 g/mol. The summed E-state index contributed by atoms with van der Waals surface area (Å²) in [6.45, 7) is 9.61. The van der Waals surface area contributed by atoms with Crippen molar-refractivity contribution in [2.75, 3.05) is 31.2 Å². The third-order valence-electron chi connectivity index (χ3n) is 7.98. The summed E-state index contributed by atoms with van der Waals surface area (Å²) < 4.78 is 11.9. The van der Waals surface area contributed by atoms with Crippen LogP contribution in [0.5, 0.6) is 0 Å². The number of carbonyl (C=O) groups is 1. The minimum atomic E-state index is -0.409. The predicted octanol–water partition coefficient (Wildman–Crippen LogP) is 4.82. The van der Waals surface area contributed by atoms with E-state index >= 15 is 0 Å². The normalized spacial score (nSPS) is 20.4. The molecule has 3 aliphatic rings. The molecule has 0 bridgehead atoms. The van der Waals surface area contributed by atoms with Gasteiger partial charge in [0.15, 0.2) is 11.6 Å². The second-order valence-corrected chi connectivity index (χ2v) is 10.2. The molecule has 0 radical (unpaired) electrons. The number of benzene rings is 2. The van der Waals surface area contributed by atoms with E-state index in [1.165, 1.54) is 11.3 Å². The van der Waals surface area contributed by atoms with Gasteiger partial charge in [-0.15, -0.1) is 0 Å². The van der Waals surface area contributed by atoms with Gasteiger partial charge in [0.1, 0.15) is 0 Å². The van der Waals surface area contributed by atoms with Gasteiger partial charge in [0, 0.05) is 59.2 Å². The van der Waals surface area contributed by atoms with Crippen LogP contribution in [0.2, 0.25) is 0 Å². The highest BCUT2D eigenvalue weighted by Crippen LogP contribution is 2.46. The smallest absolute Gasteiger partial charge is 0.195 e. The summed E-state index contributed by atoms with van der Waals surface area (Å²) in [6.07, 6.45) is 2.56. The molecule has 0 unspecified atom stereocenters. The molecule has 1 spiro atoms. The number of nitrogens with one attached hydrogen (secondary N) is 1. The number of aryl methyl sites for hydroxylation is 1. The fourth-order valence-corrected chi connectivity index (χ4v) is 6.03. The maximum atomic E-state index is 13.8. The zero-order valence-electron chi connectivity index (χ0n) is 20.0. The first-order chi connectivity index (χ1) is 16.4. The lowest BCUT2D eigenvalue weighted by molar-refractivity contribution is -0.169. The Kier molecular flexibility index (Phi) is 4.68. The number of piperidine rings is 1. The molecule has 6 nitrogen and oxygen atoms in total. The first-order valence-electron chi connectivity index (χ1n) is 12.2. The number of carbonyl (C=O) groups excluding carboxylic acids is 1. The van der Waals surface area contributed by atoms with Crippen molar-refractivity contribution in [1.29, 1.82) is 5.26 Å². The van der Waals surface area contributed by atoms with Gasteiger partial charge in [-0.25, -0.2) is 0 Å². The van der Waals surface area contributed by atoms with Crippen LogP contribution in [0.25, 0.3) is 10.9 Å². The van der Waals surface area contributed by atoms with Crippen LogP contribution in [0.4, 0.5) is 5.69 Å². The minimum Gasteiger partial charge on any atom is -0.371 e. The predicted molar refractivity (Wildman–Crippen MR) is 130 cm³/mol. The van der Waals surface area contributed by atoms with Crippen LogP contribution in [0.1, 0.15) is 71.9 Å². The maximum absolute atomic E-state index is 13.8. The maximum Gasteiger partial charge on any atom is 0.195 e. The topological polar surface area (TPSA) is 78.3 Å². The summed E-state index contributed by atoms with van der Waals surface area (Å²) in [4.78, 5) is 19.7. The standard InChI is InChI=1S/C28H29N3O3/c1-4-18-14-20-21(15-23(18)31-9-7-28(8-10-31)33-11-12-34-28)27(2,3)26-24(25(20)32)19-6-5-17(16-29)13-22(19)30-26/h5-6,13-15,30H,4,7-12H2,1-3H3. The van der Waals surface area contributed by atoms with E-state index in [0.29, 0.717) is 18.8 Å². The van der Waals surface area contributed by atoms with Crippen molar-refractivity contribution in [2.45, 2.75) is 51.2 Å². The van der Waals surface area contributed by atoms with Crippen molar-refractivity contribution in [3.05, 3.63) is 63.8 Å². The zero-order valence-corrected chi connectivity index (χ0v) is 20.0. The van der Waals surface area contributed by atoms with E-state index < -0.39 is 5.79 Å². The quantitative estimate of drug-likeness (QED) is 0.600. The molecule has 3 aromatic rings. The molecular weight excluding hydrogens is 426 g/mol. The number of aromatic amines is 1. The Morgan fingerprint density at radius 2 is 1.85 bits per heavy atom. The van der Waals surface area contributed by atoms with Gasteiger partial charge in [-0.3, -0.25) is 4.79 Å². The average Bonchev–Trinajstić information content (AvgIpc) is 3.47. The highest BCUT2D eigenvalue weighted by molar-refractivity contribution is 6.20. The zero-order chi connectivity index (χ0) is 23.7. The number of H-pyrrole nitrogens is 1. The van der Waals surface area contributed by atoms with Crippen molar-refractivity contribution < 1.29 is 14.3 Å². The highest BCUT2D eigenvalue weighted by Gasteiger charge is 2.42. The lowest BCUT2D eigenvalue weighted by atomic mass is 9.70. The van der Waals surface area contributed by atoms with Gasteiger partial charge in [-0.05, 0) is 41.8 Å². The fourth-order valence-electron chi connectivity index (χ4n) is 6.03. The molecule has 2 aromatic carbocycles. The van der Waals surface area contributed by atoms with E-state index in [0.717, 1.165) is 65.6 Å². The number of hydrogen-bond acceptors (Lipinski definition) is 5. The number of hydrogen-bond donors (Lipinski definition) is 1. The van der Waals surface area contributed by atoms with Crippen molar-refractivity contribution >= 4 is 22.4 Å². The number of fused-ring (bicyclic) bond motifs is 4. The molecule has 2 saturated heterocycles. The molecule has 6 rings (SSSR count). The number of nitrogens with zero attached hydrogens (tertiary/aromatic N) is 2. The van der Waals surface area contributed by atoms with E-state index in [9.17, 15) is 10.1 Å². The SMILES string of the molecule is CCc1cc2c(cc1N1CCC3(CC1)OCCO3)C(C)(C)c1[nH]c3cc(C#N)ccc3c1C2=O. The molecule has 174 valence electrons. The number of ether oxygens (including phenoxy) is 2. The fraction of sp³-hybridized carbons (Fsp3) is 0.429. The van der Waals surface area contributed by atoms with E-state index in [1.54, 1.807) is 6.07 Å². The molecule has 6 heteroatoms. The molecule has 0 saturated carbocycles. The lowest BCUT2D eigenvalue weighted by Crippen LogP contribution is -2.45. The summed E-state index contributed by atoms with van der Waals surface area (Å²) in [5, 5.41) is 10.2. The first kappa shape index (κ1) is 21.4.